The summed E-state index contributed by atoms with van der Waals surface area (Å²) in [5.41, 5.74) is 2.90. The van der Waals surface area contributed by atoms with Crippen LogP contribution in [0.15, 0.2) is 59.8 Å². The van der Waals surface area contributed by atoms with E-state index in [0.717, 1.165) is 5.56 Å². The molecular formula is C19H18N4O3S. The van der Waals surface area contributed by atoms with E-state index in [1.807, 2.05) is 25.1 Å². The van der Waals surface area contributed by atoms with Gasteiger partial charge in [-0.15, -0.1) is 0 Å². The second kappa shape index (κ2) is 6.33. The maximum absolute atomic E-state index is 12.8. The topological polar surface area (TPSA) is 84.3 Å². The van der Waals surface area contributed by atoms with Gasteiger partial charge in [-0.2, -0.15) is 4.31 Å². The van der Waals surface area contributed by atoms with Crippen LogP contribution in [0.25, 0.3) is 5.69 Å². The summed E-state index contributed by atoms with van der Waals surface area (Å²) in [5.74, 6) is -0.375. The maximum atomic E-state index is 12.8. The Kier molecular flexibility index (Phi) is 4.09. The van der Waals surface area contributed by atoms with E-state index in [4.69, 9.17) is 0 Å². The molecule has 0 fully saturated rings. The Labute approximate surface area is 157 Å². The molecular weight excluding hydrogens is 364 g/mol. The first kappa shape index (κ1) is 17.4. The lowest BCUT2D eigenvalue weighted by atomic mass is 10.2. The third-order valence-corrected chi connectivity index (χ3v) is 6.39. The van der Waals surface area contributed by atoms with Gasteiger partial charge in [0.1, 0.15) is 11.2 Å². The summed E-state index contributed by atoms with van der Waals surface area (Å²) in [6.07, 6.45) is 1.49. The zero-order valence-corrected chi connectivity index (χ0v) is 15.7. The number of aryl methyl sites for hydroxylation is 1. The molecule has 4 rings (SSSR count). The Bertz CT molecular complexity index is 1150. The molecule has 1 aliphatic heterocycles. The molecule has 0 radical (unpaired) electrons. The van der Waals surface area contributed by atoms with E-state index in [9.17, 15) is 13.2 Å². The van der Waals surface area contributed by atoms with Crippen LogP contribution in [0.4, 0.5) is 5.69 Å². The van der Waals surface area contributed by atoms with Crippen molar-refractivity contribution in [2.75, 3.05) is 12.4 Å². The summed E-state index contributed by atoms with van der Waals surface area (Å²) >= 11 is 0. The number of amides is 1. The number of nitrogens with zero attached hydrogens (tertiary/aromatic N) is 3. The summed E-state index contributed by atoms with van der Waals surface area (Å²) in [7, 11) is -2.15. The van der Waals surface area contributed by atoms with Crippen LogP contribution in [0.5, 0.6) is 0 Å². The van der Waals surface area contributed by atoms with E-state index in [-0.39, 0.29) is 23.0 Å². The quantitative estimate of drug-likeness (QED) is 0.738. The average Bonchev–Trinajstić information content (AvgIpc) is 3.02. The molecule has 1 N–H and O–H groups in total. The molecule has 1 aliphatic rings. The van der Waals surface area contributed by atoms with Gasteiger partial charge < -0.3 is 5.32 Å². The molecule has 138 valence electrons. The highest BCUT2D eigenvalue weighted by molar-refractivity contribution is 7.89. The number of aromatic nitrogens is 2. The van der Waals surface area contributed by atoms with Gasteiger partial charge in [0.15, 0.2) is 5.69 Å². The molecule has 7 nitrogen and oxygen atoms in total. The number of para-hydroxylation sites is 1. The van der Waals surface area contributed by atoms with Crippen LogP contribution in [0.2, 0.25) is 0 Å². The molecule has 1 aromatic heterocycles. The first-order valence-electron chi connectivity index (χ1n) is 8.38. The lowest BCUT2D eigenvalue weighted by Crippen LogP contribution is -2.26. The van der Waals surface area contributed by atoms with Gasteiger partial charge in [-0.1, -0.05) is 24.3 Å². The van der Waals surface area contributed by atoms with Crippen LogP contribution in [-0.4, -0.2) is 35.2 Å². The van der Waals surface area contributed by atoms with Crippen molar-refractivity contribution >= 4 is 21.6 Å². The number of hydrogen-bond donors (Lipinski definition) is 1. The summed E-state index contributed by atoms with van der Waals surface area (Å²) in [5, 5.41) is 2.83. The highest BCUT2D eigenvalue weighted by Gasteiger charge is 2.32. The fraction of sp³-hybridized carbons (Fsp3) is 0.158. The van der Waals surface area contributed by atoms with Gasteiger partial charge in [0.25, 0.3) is 5.91 Å². The monoisotopic (exact) mass is 382 g/mol. The molecule has 1 amide bonds. The van der Waals surface area contributed by atoms with Crippen molar-refractivity contribution in [3.8, 4) is 5.69 Å². The van der Waals surface area contributed by atoms with Crippen molar-refractivity contribution in [1.29, 1.82) is 0 Å². The minimum Gasteiger partial charge on any atom is -0.321 e. The van der Waals surface area contributed by atoms with E-state index in [2.05, 4.69) is 10.3 Å². The molecule has 8 heteroatoms. The minimum atomic E-state index is -3.65. The fourth-order valence-corrected chi connectivity index (χ4v) is 4.48. The van der Waals surface area contributed by atoms with Gasteiger partial charge in [0.2, 0.25) is 10.0 Å². The number of carbonyl (C=O) groups is 1. The molecule has 0 bridgehead atoms. The van der Waals surface area contributed by atoms with Crippen molar-refractivity contribution in [3.05, 3.63) is 71.8 Å². The Balaban J connectivity index is 1.79. The second-order valence-electron chi connectivity index (χ2n) is 6.46. The summed E-state index contributed by atoms with van der Waals surface area (Å²) in [4.78, 5) is 17.3. The average molecular weight is 382 g/mol. The van der Waals surface area contributed by atoms with Crippen molar-refractivity contribution in [3.63, 3.8) is 0 Å². The maximum Gasteiger partial charge on any atom is 0.276 e. The molecule has 0 saturated heterocycles. The smallest absolute Gasteiger partial charge is 0.276 e. The summed E-state index contributed by atoms with van der Waals surface area (Å²) in [6.45, 7) is 1.99. The summed E-state index contributed by atoms with van der Waals surface area (Å²) < 4.78 is 28.5. The van der Waals surface area contributed by atoms with E-state index in [1.165, 1.54) is 17.7 Å². The van der Waals surface area contributed by atoms with Crippen LogP contribution in [0.3, 0.4) is 0 Å². The van der Waals surface area contributed by atoms with Gasteiger partial charge in [-0.05, 0) is 36.8 Å². The molecule has 0 atom stereocenters. The van der Waals surface area contributed by atoms with Crippen molar-refractivity contribution in [2.24, 2.45) is 0 Å². The van der Waals surface area contributed by atoms with Crippen LogP contribution in [0.1, 0.15) is 21.7 Å². The molecule has 3 aromatic rings. The third-order valence-electron chi connectivity index (χ3n) is 4.54. The fourth-order valence-electron chi connectivity index (χ4n) is 3.17. The number of carbonyl (C=O) groups excluding carboxylic acids is 1. The van der Waals surface area contributed by atoms with Crippen LogP contribution >= 0.6 is 0 Å². The Hall–Kier alpha value is -2.97. The van der Waals surface area contributed by atoms with Crippen molar-refractivity contribution < 1.29 is 13.2 Å². The highest BCUT2D eigenvalue weighted by atomic mass is 32.2. The van der Waals surface area contributed by atoms with E-state index < -0.39 is 10.0 Å². The Morgan fingerprint density at radius 1 is 1.15 bits per heavy atom. The Morgan fingerprint density at radius 2 is 1.93 bits per heavy atom. The summed E-state index contributed by atoms with van der Waals surface area (Å²) in [6, 6.07) is 14.2. The number of rotatable bonds is 2. The number of nitrogens with one attached hydrogen (secondary N) is 1. The first-order valence-corrected chi connectivity index (χ1v) is 9.82. The molecule has 0 spiro atoms. The number of hydrogen-bond acceptors (Lipinski definition) is 4. The Morgan fingerprint density at radius 3 is 2.70 bits per heavy atom. The SMILES string of the molecule is Cc1cccc(NC(=O)c2ncn3c2CN(C)S(=O)(=O)c2ccccc2-3)c1. The predicted octanol–water partition coefficient (Wildman–Crippen LogP) is 2.57. The molecule has 0 saturated carbocycles. The van der Waals surface area contributed by atoms with Gasteiger partial charge in [0.05, 0.1) is 17.9 Å². The highest BCUT2D eigenvalue weighted by Crippen LogP contribution is 2.30. The standard InChI is InChI=1S/C19H18N4O3S/c1-13-6-5-7-14(10-13)21-19(24)18-16-11-22(2)27(25,26)17-9-4-3-8-15(17)23(16)12-20-18/h3-10,12H,11H2,1-2H3,(H,21,24). The zero-order chi connectivity index (χ0) is 19.2. The van der Waals surface area contributed by atoms with Gasteiger partial charge in [-0.25, -0.2) is 13.4 Å². The lowest BCUT2D eigenvalue weighted by Gasteiger charge is -2.14. The minimum absolute atomic E-state index is 0.0492. The number of imidazole rings is 1. The second-order valence-corrected chi connectivity index (χ2v) is 8.48. The predicted molar refractivity (Wildman–Crippen MR) is 101 cm³/mol. The largest absolute Gasteiger partial charge is 0.321 e. The van der Waals surface area contributed by atoms with Crippen LogP contribution in [0, 0.1) is 6.92 Å². The number of fused-ring (bicyclic) bond motifs is 3. The van der Waals surface area contributed by atoms with Crippen molar-refractivity contribution in [1.82, 2.24) is 13.9 Å². The number of anilines is 1. The zero-order valence-electron chi connectivity index (χ0n) is 14.9. The van der Waals surface area contributed by atoms with Crippen LogP contribution in [-0.2, 0) is 16.6 Å². The normalized spacial score (nSPS) is 15.5. The van der Waals surface area contributed by atoms with E-state index in [0.29, 0.717) is 17.1 Å². The lowest BCUT2D eigenvalue weighted by molar-refractivity contribution is 0.102. The van der Waals surface area contributed by atoms with Crippen LogP contribution < -0.4 is 5.32 Å². The molecule has 0 unspecified atom stereocenters. The molecule has 27 heavy (non-hydrogen) atoms. The van der Waals surface area contributed by atoms with E-state index >= 15 is 0 Å². The van der Waals surface area contributed by atoms with Gasteiger partial charge in [0, 0.05) is 12.7 Å². The third kappa shape index (κ3) is 2.92. The molecule has 2 heterocycles. The number of sulfonamides is 1. The van der Waals surface area contributed by atoms with Gasteiger partial charge in [-0.3, -0.25) is 9.36 Å². The first-order chi connectivity index (χ1) is 12.9. The molecule has 2 aromatic carbocycles. The van der Waals surface area contributed by atoms with Gasteiger partial charge >= 0.3 is 0 Å². The van der Waals surface area contributed by atoms with E-state index in [1.54, 1.807) is 34.9 Å². The number of benzene rings is 2. The van der Waals surface area contributed by atoms with Crippen molar-refractivity contribution in [2.45, 2.75) is 18.4 Å². The molecule has 0 aliphatic carbocycles.